The summed E-state index contributed by atoms with van der Waals surface area (Å²) in [6.07, 6.45) is 0.390. The highest BCUT2D eigenvalue weighted by atomic mass is 16.6. The summed E-state index contributed by atoms with van der Waals surface area (Å²) in [6, 6.07) is 9.12. The molecular formula is C16H20N2O3. The van der Waals surface area contributed by atoms with Gasteiger partial charge in [0.2, 0.25) is 0 Å². The van der Waals surface area contributed by atoms with Gasteiger partial charge >= 0.3 is 6.09 Å². The van der Waals surface area contributed by atoms with Crippen LogP contribution in [0.25, 0.3) is 0 Å². The third-order valence-corrected chi connectivity index (χ3v) is 3.06. The molecule has 0 bridgehead atoms. The van der Waals surface area contributed by atoms with E-state index in [2.05, 4.69) is 6.07 Å². The van der Waals surface area contributed by atoms with Crippen LogP contribution in [0.15, 0.2) is 24.3 Å². The van der Waals surface area contributed by atoms with Crippen molar-refractivity contribution in [3.63, 3.8) is 0 Å². The number of nitriles is 1. The first kappa shape index (κ1) is 15.2. The smallest absolute Gasteiger partial charge is 0.410 e. The van der Waals surface area contributed by atoms with Crippen molar-refractivity contribution in [2.45, 2.75) is 38.9 Å². The lowest BCUT2D eigenvalue weighted by atomic mass is 10.2. The Morgan fingerprint density at radius 2 is 2.19 bits per heavy atom. The molecule has 0 saturated carbocycles. The molecule has 112 valence electrons. The maximum absolute atomic E-state index is 12.0. The Balaban J connectivity index is 1.91. The zero-order chi connectivity index (χ0) is 15.5. The molecule has 1 amide bonds. The topological polar surface area (TPSA) is 62.6 Å². The first-order valence-corrected chi connectivity index (χ1v) is 7.02. The van der Waals surface area contributed by atoms with E-state index < -0.39 is 5.60 Å². The van der Waals surface area contributed by atoms with Crippen LogP contribution in [0, 0.1) is 11.3 Å². The standard InChI is InChI=1S/C16H20N2O3/c1-16(2,3)21-15(19)18-8-7-14(11-18)20-13-6-4-5-12(9-13)10-17/h4-6,9,14H,7-8,11H2,1-3H3. The van der Waals surface area contributed by atoms with Gasteiger partial charge < -0.3 is 14.4 Å². The fraction of sp³-hybridized carbons (Fsp3) is 0.500. The summed E-state index contributed by atoms with van der Waals surface area (Å²) in [6.45, 7) is 6.68. The molecule has 0 aliphatic carbocycles. The van der Waals surface area contributed by atoms with Crippen LogP contribution >= 0.6 is 0 Å². The molecule has 5 nitrogen and oxygen atoms in total. The van der Waals surface area contributed by atoms with Gasteiger partial charge in [-0.2, -0.15) is 5.26 Å². The molecule has 1 aromatic rings. The van der Waals surface area contributed by atoms with E-state index in [9.17, 15) is 4.79 Å². The van der Waals surface area contributed by atoms with Crippen molar-refractivity contribution >= 4 is 6.09 Å². The number of benzene rings is 1. The number of amides is 1. The van der Waals surface area contributed by atoms with Crippen molar-refractivity contribution in [1.29, 1.82) is 5.26 Å². The van der Waals surface area contributed by atoms with Gasteiger partial charge in [-0.05, 0) is 39.0 Å². The molecule has 1 unspecified atom stereocenters. The highest BCUT2D eigenvalue weighted by Crippen LogP contribution is 2.21. The van der Waals surface area contributed by atoms with Gasteiger partial charge in [0.1, 0.15) is 17.5 Å². The minimum atomic E-state index is -0.489. The highest BCUT2D eigenvalue weighted by molar-refractivity contribution is 5.68. The summed E-state index contributed by atoms with van der Waals surface area (Å²) >= 11 is 0. The minimum absolute atomic E-state index is 0.0635. The number of hydrogen-bond donors (Lipinski definition) is 0. The van der Waals surface area contributed by atoms with E-state index in [4.69, 9.17) is 14.7 Å². The average molecular weight is 288 g/mol. The second-order valence-electron chi connectivity index (χ2n) is 6.09. The van der Waals surface area contributed by atoms with E-state index >= 15 is 0 Å². The van der Waals surface area contributed by atoms with Crippen LogP contribution in [-0.4, -0.2) is 35.8 Å². The van der Waals surface area contributed by atoms with Crippen molar-refractivity contribution in [2.75, 3.05) is 13.1 Å². The van der Waals surface area contributed by atoms with Gasteiger partial charge in [0.25, 0.3) is 0 Å². The summed E-state index contributed by atoms with van der Waals surface area (Å²) in [5, 5.41) is 8.87. The largest absolute Gasteiger partial charge is 0.488 e. The maximum atomic E-state index is 12.0. The summed E-state index contributed by atoms with van der Waals surface area (Å²) in [4.78, 5) is 13.6. The third kappa shape index (κ3) is 4.38. The van der Waals surface area contributed by atoms with Crippen LogP contribution in [0.4, 0.5) is 4.79 Å². The maximum Gasteiger partial charge on any atom is 0.410 e. The van der Waals surface area contributed by atoms with Crippen molar-refractivity contribution in [3.8, 4) is 11.8 Å². The van der Waals surface area contributed by atoms with Crippen molar-refractivity contribution in [3.05, 3.63) is 29.8 Å². The quantitative estimate of drug-likeness (QED) is 0.839. The van der Waals surface area contributed by atoms with E-state index in [1.807, 2.05) is 26.8 Å². The lowest BCUT2D eigenvalue weighted by molar-refractivity contribution is 0.0275. The van der Waals surface area contributed by atoms with E-state index in [-0.39, 0.29) is 12.2 Å². The Hall–Kier alpha value is -2.22. The monoisotopic (exact) mass is 288 g/mol. The summed E-state index contributed by atoms with van der Waals surface area (Å²) in [5.74, 6) is 0.657. The van der Waals surface area contributed by atoms with Crippen LogP contribution < -0.4 is 4.74 Å². The first-order valence-electron chi connectivity index (χ1n) is 7.02. The molecule has 0 aromatic heterocycles. The van der Waals surface area contributed by atoms with E-state index in [1.54, 1.807) is 23.1 Å². The molecule has 1 atom stereocenters. The van der Waals surface area contributed by atoms with Gasteiger partial charge in [0, 0.05) is 13.0 Å². The zero-order valence-electron chi connectivity index (χ0n) is 12.6. The van der Waals surface area contributed by atoms with Gasteiger partial charge in [0.05, 0.1) is 18.2 Å². The molecule has 1 aliphatic rings. The fourth-order valence-corrected chi connectivity index (χ4v) is 2.15. The number of hydrogen-bond acceptors (Lipinski definition) is 4. The Labute approximate surface area is 125 Å². The van der Waals surface area contributed by atoms with E-state index in [1.165, 1.54) is 0 Å². The summed E-state index contributed by atoms with van der Waals surface area (Å²) in [5.41, 5.74) is 0.0754. The third-order valence-electron chi connectivity index (χ3n) is 3.06. The van der Waals surface area contributed by atoms with Gasteiger partial charge in [-0.15, -0.1) is 0 Å². The van der Waals surface area contributed by atoms with Gasteiger partial charge in [-0.3, -0.25) is 0 Å². The lowest BCUT2D eigenvalue weighted by Crippen LogP contribution is -2.36. The number of ether oxygens (including phenoxy) is 2. The van der Waals surface area contributed by atoms with Crippen LogP contribution in [0.2, 0.25) is 0 Å². The molecule has 2 rings (SSSR count). The van der Waals surface area contributed by atoms with Crippen molar-refractivity contribution in [1.82, 2.24) is 4.90 Å². The number of nitrogens with zero attached hydrogens (tertiary/aromatic N) is 2. The first-order chi connectivity index (χ1) is 9.87. The minimum Gasteiger partial charge on any atom is -0.488 e. The molecule has 0 N–H and O–H groups in total. The molecule has 0 radical (unpaired) electrons. The zero-order valence-corrected chi connectivity index (χ0v) is 12.6. The Morgan fingerprint density at radius 3 is 2.86 bits per heavy atom. The molecule has 1 saturated heterocycles. The fourth-order valence-electron chi connectivity index (χ4n) is 2.15. The molecular weight excluding hydrogens is 268 g/mol. The van der Waals surface area contributed by atoms with Crippen molar-refractivity contribution in [2.24, 2.45) is 0 Å². The molecule has 0 spiro atoms. The van der Waals surface area contributed by atoms with Crippen LogP contribution in [0.3, 0.4) is 0 Å². The number of carbonyl (C=O) groups is 1. The molecule has 1 fully saturated rings. The molecule has 21 heavy (non-hydrogen) atoms. The van der Waals surface area contributed by atoms with Crippen LogP contribution in [0.1, 0.15) is 32.8 Å². The van der Waals surface area contributed by atoms with Crippen LogP contribution in [-0.2, 0) is 4.74 Å². The Bertz CT molecular complexity index is 557. The van der Waals surface area contributed by atoms with Crippen LogP contribution in [0.5, 0.6) is 5.75 Å². The molecule has 1 aromatic carbocycles. The number of carbonyl (C=O) groups excluding carboxylic acids is 1. The van der Waals surface area contributed by atoms with E-state index in [0.717, 1.165) is 6.42 Å². The Morgan fingerprint density at radius 1 is 1.43 bits per heavy atom. The molecule has 1 heterocycles. The normalized spacial score (nSPS) is 18.2. The van der Waals surface area contributed by atoms with E-state index in [0.29, 0.717) is 24.4 Å². The second-order valence-corrected chi connectivity index (χ2v) is 6.09. The second kappa shape index (κ2) is 6.04. The lowest BCUT2D eigenvalue weighted by Gasteiger charge is -2.24. The predicted molar refractivity (Wildman–Crippen MR) is 78.0 cm³/mol. The molecule has 1 aliphatic heterocycles. The SMILES string of the molecule is CC(C)(C)OC(=O)N1CCC(Oc2cccc(C#N)c2)C1. The van der Waals surface area contributed by atoms with Gasteiger partial charge in [-0.25, -0.2) is 4.79 Å². The summed E-state index contributed by atoms with van der Waals surface area (Å²) < 4.78 is 11.2. The predicted octanol–water partition coefficient (Wildman–Crippen LogP) is 2.95. The molecule has 5 heteroatoms. The van der Waals surface area contributed by atoms with Crippen molar-refractivity contribution < 1.29 is 14.3 Å². The number of likely N-dealkylation sites (tertiary alicyclic amines) is 1. The summed E-state index contributed by atoms with van der Waals surface area (Å²) in [7, 11) is 0. The van der Waals surface area contributed by atoms with Gasteiger partial charge in [0.15, 0.2) is 0 Å². The average Bonchev–Trinajstić information content (AvgIpc) is 2.85. The number of rotatable bonds is 2. The highest BCUT2D eigenvalue weighted by Gasteiger charge is 2.30. The van der Waals surface area contributed by atoms with Gasteiger partial charge in [-0.1, -0.05) is 6.07 Å². The Kier molecular flexibility index (Phi) is 4.37.